The lowest BCUT2D eigenvalue weighted by molar-refractivity contribution is -0.119. The second kappa shape index (κ2) is 9.22. The van der Waals surface area contributed by atoms with E-state index < -0.39 is 12.2 Å². The number of nitrogens with zero attached hydrogens (tertiary/aromatic N) is 1. The third kappa shape index (κ3) is 4.98. The number of aliphatic hydroxyl groups excluding tert-OH is 2. The van der Waals surface area contributed by atoms with Gasteiger partial charge in [0.2, 0.25) is 5.91 Å². The smallest absolute Gasteiger partial charge is 0.217 e. The fourth-order valence-corrected chi connectivity index (χ4v) is 4.95. The first kappa shape index (κ1) is 22.8. The van der Waals surface area contributed by atoms with Crippen molar-refractivity contribution in [1.82, 2.24) is 10.2 Å². The van der Waals surface area contributed by atoms with Gasteiger partial charge in [0.05, 0.1) is 18.2 Å². The summed E-state index contributed by atoms with van der Waals surface area (Å²) in [6, 6.07) is 13.7. The first-order chi connectivity index (χ1) is 15.2. The Morgan fingerprint density at radius 2 is 1.84 bits per heavy atom. The molecule has 1 amide bonds. The number of rotatable bonds is 5. The van der Waals surface area contributed by atoms with E-state index in [4.69, 9.17) is 4.74 Å². The normalized spacial score (nSPS) is 22.0. The minimum atomic E-state index is -0.573. The van der Waals surface area contributed by atoms with Gasteiger partial charge in [-0.2, -0.15) is 0 Å². The number of nitrogens with one attached hydrogen (secondary N) is 1. The van der Waals surface area contributed by atoms with E-state index in [2.05, 4.69) is 10.2 Å². The SMILES string of the molecule is CC(=O)N[C@H](C)c1ccc([C@H](O)CN2CCC3(CC2)C[C@@H](O)c2cc(C)ccc2O3)cc1. The topological polar surface area (TPSA) is 82.0 Å². The summed E-state index contributed by atoms with van der Waals surface area (Å²) in [5.41, 5.74) is 3.58. The molecule has 6 heteroatoms. The van der Waals surface area contributed by atoms with Crippen LogP contribution in [0.1, 0.15) is 73.6 Å². The van der Waals surface area contributed by atoms with Crippen LogP contribution in [0.4, 0.5) is 0 Å². The Bertz CT molecular complexity index is 951. The van der Waals surface area contributed by atoms with Gasteiger partial charge in [-0.1, -0.05) is 35.9 Å². The van der Waals surface area contributed by atoms with E-state index in [0.29, 0.717) is 13.0 Å². The van der Waals surface area contributed by atoms with Crippen molar-refractivity contribution in [3.8, 4) is 5.75 Å². The fraction of sp³-hybridized carbons (Fsp3) is 0.500. The molecule has 1 saturated heterocycles. The molecule has 2 aliphatic rings. The predicted molar refractivity (Wildman–Crippen MR) is 123 cm³/mol. The van der Waals surface area contributed by atoms with Gasteiger partial charge in [0.1, 0.15) is 11.4 Å². The molecule has 0 aliphatic carbocycles. The number of β-amino-alcohol motifs (C(OH)–C–C–N with tert-alkyl or cyclic N) is 1. The number of benzene rings is 2. The number of aryl methyl sites for hydroxylation is 1. The second-order valence-electron chi connectivity index (χ2n) is 9.45. The summed E-state index contributed by atoms with van der Waals surface area (Å²) in [6.07, 6.45) is 1.22. The van der Waals surface area contributed by atoms with Crippen LogP contribution in [0.5, 0.6) is 5.75 Å². The van der Waals surface area contributed by atoms with Crippen molar-refractivity contribution in [2.45, 2.75) is 63.9 Å². The van der Waals surface area contributed by atoms with Crippen LogP contribution in [0, 0.1) is 6.92 Å². The average Bonchev–Trinajstić information content (AvgIpc) is 2.76. The number of hydrogen-bond donors (Lipinski definition) is 3. The van der Waals surface area contributed by atoms with Gasteiger partial charge in [-0.25, -0.2) is 0 Å². The molecule has 32 heavy (non-hydrogen) atoms. The van der Waals surface area contributed by atoms with Crippen LogP contribution in [-0.2, 0) is 4.79 Å². The molecular weight excluding hydrogens is 404 g/mol. The van der Waals surface area contributed by atoms with E-state index in [1.165, 1.54) is 6.92 Å². The maximum absolute atomic E-state index is 11.2. The quantitative estimate of drug-likeness (QED) is 0.665. The highest BCUT2D eigenvalue weighted by atomic mass is 16.5. The lowest BCUT2D eigenvalue weighted by Crippen LogP contribution is -2.51. The van der Waals surface area contributed by atoms with Crippen LogP contribution in [0.15, 0.2) is 42.5 Å². The molecule has 4 rings (SSSR count). The molecule has 0 bridgehead atoms. The van der Waals surface area contributed by atoms with E-state index >= 15 is 0 Å². The molecule has 0 aromatic heterocycles. The van der Waals surface area contributed by atoms with Gasteiger partial charge in [-0.3, -0.25) is 4.79 Å². The Morgan fingerprint density at radius 1 is 1.19 bits per heavy atom. The van der Waals surface area contributed by atoms with Crippen molar-refractivity contribution in [3.05, 3.63) is 64.7 Å². The first-order valence-corrected chi connectivity index (χ1v) is 11.5. The first-order valence-electron chi connectivity index (χ1n) is 11.5. The molecule has 0 unspecified atom stereocenters. The number of fused-ring (bicyclic) bond motifs is 1. The molecule has 0 saturated carbocycles. The molecule has 6 nitrogen and oxygen atoms in total. The van der Waals surface area contributed by atoms with Crippen molar-refractivity contribution < 1.29 is 19.7 Å². The standard InChI is InChI=1S/C26H34N2O4/c1-17-4-9-25-22(14-17)23(30)15-26(32-25)10-12-28(13-11-26)16-24(31)21-7-5-20(6-8-21)18(2)27-19(3)29/h4-9,14,18,23-24,30-31H,10-13,15-16H2,1-3H3,(H,27,29)/t18-,23-,24-/m1/s1. The molecule has 2 aliphatic heterocycles. The van der Waals surface area contributed by atoms with Gasteiger partial charge in [0, 0.05) is 38.5 Å². The van der Waals surface area contributed by atoms with Crippen molar-refractivity contribution in [2.75, 3.05) is 19.6 Å². The van der Waals surface area contributed by atoms with Gasteiger partial charge in [0.15, 0.2) is 0 Å². The predicted octanol–water partition coefficient (Wildman–Crippen LogP) is 3.58. The van der Waals surface area contributed by atoms with Crippen molar-refractivity contribution in [3.63, 3.8) is 0 Å². The number of amides is 1. The number of aliphatic hydroxyl groups is 2. The van der Waals surface area contributed by atoms with Crippen LogP contribution in [0.3, 0.4) is 0 Å². The van der Waals surface area contributed by atoms with Crippen molar-refractivity contribution in [2.24, 2.45) is 0 Å². The summed E-state index contributed by atoms with van der Waals surface area (Å²) in [5, 5.41) is 24.4. The van der Waals surface area contributed by atoms with E-state index in [-0.39, 0.29) is 17.6 Å². The Morgan fingerprint density at radius 3 is 2.50 bits per heavy atom. The molecule has 3 N–H and O–H groups in total. The third-order valence-electron chi connectivity index (χ3n) is 6.86. The van der Waals surface area contributed by atoms with E-state index in [9.17, 15) is 15.0 Å². The summed E-state index contributed by atoms with van der Waals surface area (Å²) >= 11 is 0. The Balaban J connectivity index is 1.33. The largest absolute Gasteiger partial charge is 0.487 e. The van der Waals surface area contributed by atoms with E-state index in [0.717, 1.165) is 53.9 Å². The van der Waals surface area contributed by atoms with Crippen LogP contribution < -0.4 is 10.1 Å². The Hall–Kier alpha value is -2.41. The van der Waals surface area contributed by atoms with Gasteiger partial charge >= 0.3 is 0 Å². The monoisotopic (exact) mass is 438 g/mol. The van der Waals surface area contributed by atoms with Crippen LogP contribution >= 0.6 is 0 Å². The molecule has 1 spiro atoms. The van der Waals surface area contributed by atoms with E-state index in [1.54, 1.807) is 0 Å². The lowest BCUT2D eigenvalue weighted by Gasteiger charge is -2.46. The summed E-state index contributed by atoms with van der Waals surface area (Å²) in [4.78, 5) is 13.5. The molecular formula is C26H34N2O4. The number of carbonyl (C=O) groups excluding carboxylic acids is 1. The highest BCUT2D eigenvalue weighted by Gasteiger charge is 2.43. The zero-order chi connectivity index (χ0) is 22.9. The number of hydrogen-bond acceptors (Lipinski definition) is 5. The van der Waals surface area contributed by atoms with Crippen LogP contribution in [0.2, 0.25) is 0 Å². The summed E-state index contributed by atoms with van der Waals surface area (Å²) in [5.74, 6) is 0.744. The highest BCUT2D eigenvalue weighted by molar-refractivity contribution is 5.73. The maximum atomic E-state index is 11.2. The summed E-state index contributed by atoms with van der Waals surface area (Å²) < 4.78 is 6.41. The van der Waals surface area contributed by atoms with Gasteiger partial charge in [0.25, 0.3) is 0 Å². The molecule has 172 valence electrons. The highest BCUT2D eigenvalue weighted by Crippen LogP contribution is 2.44. The zero-order valence-corrected chi connectivity index (χ0v) is 19.2. The van der Waals surface area contributed by atoms with E-state index in [1.807, 2.05) is 56.3 Å². The Kier molecular flexibility index (Phi) is 6.56. The van der Waals surface area contributed by atoms with Crippen molar-refractivity contribution in [1.29, 1.82) is 0 Å². The number of piperidine rings is 1. The lowest BCUT2D eigenvalue weighted by atomic mass is 9.81. The molecule has 2 aromatic rings. The molecule has 1 fully saturated rings. The Labute approximate surface area is 190 Å². The maximum Gasteiger partial charge on any atom is 0.217 e. The molecule has 2 heterocycles. The van der Waals surface area contributed by atoms with Crippen LogP contribution in [-0.4, -0.2) is 46.3 Å². The fourth-order valence-electron chi connectivity index (χ4n) is 4.95. The number of likely N-dealkylation sites (tertiary alicyclic amines) is 1. The minimum absolute atomic E-state index is 0.0578. The summed E-state index contributed by atoms with van der Waals surface area (Å²) in [6.45, 7) is 7.69. The third-order valence-corrected chi connectivity index (χ3v) is 6.86. The number of ether oxygens (including phenoxy) is 1. The zero-order valence-electron chi connectivity index (χ0n) is 19.2. The van der Waals surface area contributed by atoms with Gasteiger partial charge in [-0.15, -0.1) is 0 Å². The average molecular weight is 439 g/mol. The van der Waals surface area contributed by atoms with Crippen LogP contribution in [0.25, 0.3) is 0 Å². The van der Waals surface area contributed by atoms with Crippen molar-refractivity contribution >= 4 is 5.91 Å². The molecule has 2 aromatic carbocycles. The van der Waals surface area contributed by atoms with Gasteiger partial charge in [-0.05, 0) is 49.9 Å². The van der Waals surface area contributed by atoms with Gasteiger partial charge < -0.3 is 25.2 Å². The summed E-state index contributed by atoms with van der Waals surface area (Å²) in [7, 11) is 0. The molecule has 0 radical (unpaired) electrons. The second-order valence-corrected chi connectivity index (χ2v) is 9.45. The minimum Gasteiger partial charge on any atom is -0.487 e. The number of carbonyl (C=O) groups is 1. The molecule has 3 atom stereocenters.